The van der Waals surface area contributed by atoms with E-state index in [1.807, 2.05) is 45.2 Å². The number of benzene rings is 2. The molecular formula is C28H23Cl2FN8. The third-order valence-corrected chi connectivity index (χ3v) is 6.74. The zero-order valence-corrected chi connectivity index (χ0v) is 22.8. The minimum atomic E-state index is -0.539. The molecule has 11 heteroatoms. The first-order valence-corrected chi connectivity index (χ1v) is 12.8. The molecule has 0 bridgehead atoms. The molecule has 3 aromatic heterocycles. The molecule has 0 saturated carbocycles. The van der Waals surface area contributed by atoms with E-state index in [0.29, 0.717) is 38.7 Å². The first kappa shape index (κ1) is 26.4. The highest BCUT2D eigenvalue weighted by molar-refractivity contribution is 6.36. The highest BCUT2D eigenvalue weighted by atomic mass is 35.5. The van der Waals surface area contributed by atoms with Crippen molar-refractivity contribution in [2.75, 3.05) is 10.6 Å². The number of halogens is 3. The Labute approximate surface area is 234 Å². The van der Waals surface area contributed by atoms with Crippen molar-refractivity contribution in [3.63, 3.8) is 0 Å². The molecule has 1 atom stereocenters. The molecule has 5 aromatic rings. The second-order valence-electron chi connectivity index (χ2n) is 9.29. The molecule has 0 spiro atoms. The lowest BCUT2D eigenvalue weighted by molar-refractivity contribution is 0.514. The van der Waals surface area contributed by atoms with Crippen molar-refractivity contribution in [3.8, 4) is 6.07 Å². The highest BCUT2D eigenvalue weighted by Crippen LogP contribution is 2.37. The van der Waals surface area contributed by atoms with Crippen LogP contribution >= 0.6 is 23.2 Å². The van der Waals surface area contributed by atoms with Gasteiger partial charge in [-0.05, 0) is 62.7 Å². The smallest absolute Gasteiger partial charge is 0.141 e. The van der Waals surface area contributed by atoms with Gasteiger partial charge >= 0.3 is 0 Å². The summed E-state index contributed by atoms with van der Waals surface area (Å²) >= 11 is 12.7. The minimum absolute atomic E-state index is 0.0405. The molecule has 8 nitrogen and oxygen atoms in total. The van der Waals surface area contributed by atoms with Crippen molar-refractivity contribution in [2.45, 2.75) is 32.9 Å². The van der Waals surface area contributed by atoms with Crippen molar-refractivity contribution in [3.05, 3.63) is 99.4 Å². The summed E-state index contributed by atoms with van der Waals surface area (Å²) < 4.78 is 15.5. The van der Waals surface area contributed by atoms with Crippen LogP contribution in [-0.2, 0) is 0 Å². The largest absolute Gasteiger partial charge is 0.373 e. The number of nitriles is 1. The van der Waals surface area contributed by atoms with E-state index in [0.717, 1.165) is 11.3 Å². The summed E-state index contributed by atoms with van der Waals surface area (Å²) in [5.41, 5.74) is 4.90. The van der Waals surface area contributed by atoms with Crippen molar-refractivity contribution in [2.24, 2.45) is 0 Å². The fourth-order valence-electron chi connectivity index (χ4n) is 4.10. The van der Waals surface area contributed by atoms with E-state index >= 15 is 0 Å². The van der Waals surface area contributed by atoms with Crippen molar-refractivity contribution in [1.29, 1.82) is 5.26 Å². The van der Waals surface area contributed by atoms with E-state index in [1.165, 1.54) is 24.4 Å². The van der Waals surface area contributed by atoms with Crippen LogP contribution in [0.1, 0.15) is 48.4 Å². The number of rotatable bonds is 7. The predicted molar refractivity (Wildman–Crippen MR) is 151 cm³/mol. The molecule has 0 saturated heterocycles. The first-order chi connectivity index (χ1) is 18.7. The van der Waals surface area contributed by atoms with E-state index in [9.17, 15) is 9.65 Å². The Kier molecular flexibility index (Phi) is 7.33. The molecule has 0 aliphatic heterocycles. The molecule has 196 valence electrons. The number of aromatic nitrogens is 5. The van der Waals surface area contributed by atoms with Gasteiger partial charge in [0, 0.05) is 40.9 Å². The number of fused-ring (bicyclic) bond motifs is 1. The topological polar surface area (TPSA) is 104 Å². The van der Waals surface area contributed by atoms with Gasteiger partial charge in [-0.3, -0.25) is 9.97 Å². The molecule has 0 amide bonds. The highest BCUT2D eigenvalue weighted by Gasteiger charge is 2.21. The Morgan fingerprint density at radius 1 is 1.00 bits per heavy atom. The van der Waals surface area contributed by atoms with Gasteiger partial charge in [-0.2, -0.15) is 5.26 Å². The second kappa shape index (κ2) is 10.8. The number of nitrogens with zero attached hydrogens (tertiary/aromatic N) is 6. The van der Waals surface area contributed by atoms with E-state index in [1.54, 1.807) is 16.9 Å². The average molecular weight is 561 g/mol. The summed E-state index contributed by atoms with van der Waals surface area (Å²) in [7, 11) is 0. The quantitative estimate of drug-likeness (QED) is 0.214. The number of anilines is 3. The third-order valence-electron chi connectivity index (χ3n) is 6.17. The fourth-order valence-corrected chi connectivity index (χ4v) is 4.55. The summed E-state index contributed by atoms with van der Waals surface area (Å²) in [6, 6.07) is 13.7. The monoisotopic (exact) mass is 560 g/mol. The van der Waals surface area contributed by atoms with Gasteiger partial charge in [0.15, 0.2) is 0 Å². The molecule has 39 heavy (non-hydrogen) atoms. The van der Waals surface area contributed by atoms with E-state index < -0.39 is 11.9 Å². The van der Waals surface area contributed by atoms with Crippen LogP contribution in [0.2, 0.25) is 10.0 Å². The molecule has 2 N–H and O–H groups in total. The Morgan fingerprint density at radius 3 is 2.46 bits per heavy atom. The number of aryl methyl sites for hydroxylation is 1. The summed E-state index contributed by atoms with van der Waals surface area (Å²) in [5, 5.41) is 26.1. The van der Waals surface area contributed by atoms with E-state index in [-0.39, 0.29) is 16.6 Å². The zero-order valence-electron chi connectivity index (χ0n) is 21.2. The van der Waals surface area contributed by atoms with Crippen LogP contribution in [0.5, 0.6) is 0 Å². The molecule has 0 aliphatic rings. The third kappa shape index (κ3) is 5.48. The SMILES string of the molecule is Cc1ccc([C@H](Nc2cc(Cl)c3ncc(C#N)c(Nc4ccc(F)c(Cl)c4)c3c2)c2cn(C(C)C)nn2)cn1. The minimum Gasteiger partial charge on any atom is -0.373 e. The maximum absolute atomic E-state index is 13.7. The lowest BCUT2D eigenvalue weighted by atomic mass is 10.0. The Morgan fingerprint density at radius 2 is 1.79 bits per heavy atom. The van der Waals surface area contributed by atoms with Crippen LogP contribution in [0.25, 0.3) is 10.9 Å². The zero-order chi connectivity index (χ0) is 27.7. The lowest BCUT2D eigenvalue weighted by Gasteiger charge is -2.20. The maximum Gasteiger partial charge on any atom is 0.141 e. The van der Waals surface area contributed by atoms with Gasteiger partial charge in [0.25, 0.3) is 0 Å². The number of nitrogens with one attached hydrogen (secondary N) is 2. The molecule has 0 unspecified atom stereocenters. The van der Waals surface area contributed by atoms with Crippen LogP contribution in [-0.4, -0.2) is 25.0 Å². The summed E-state index contributed by atoms with van der Waals surface area (Å²) in [6.45, 7) is 5.98. The van der Waals surface area contributed by atoms with Gasteiger partial charge in [0.2, 0.25) is 0 Å². The van der Waals surface area contributed by atoms with Gasteiger partial charge in [0.05, 0.1) is 39.1 Å². The molecule has 3 heterocycles. The van der Waals surface area contributed by atoms with Gasteiger partial charge < -0.3 is 10.6 Å². The maximum atomic E-state index is 13.7. The Hall–Kier alpha value is -4.26. The summed E-state index contributed by atoms with van der Waals surface area (Å²) in [5.74, 6) is -0.539. The van der Waals surface area contributed by atoms with Gasteiger partial charge in [0.1, 0.15) is 17.6 Å². The first-order valence-electron chi connectivity index (χ1n) is 12.1. The van der Waals surface area contributed by atoms with Crippen LogP contribution in [0, 0.1) is 24.1 Å². The Bertz CT molecular complexity index is 1710. The standard InChI is InChI=1S/C28H23Cl2FN8/c1-15(2)39-14-25(37-38-39)27(17-5-4-16(3)33-12-17)36-20-8-21-26(35-19-6-7-24(31)22(29)9-19)18(11-32)13-34-28(21)23(30)10-20/h4-10,12-15,27,36H,1-3H3,(H,34,35)/t27-/m0/s1. The van der Waals surface area contributed by atoms with Crippen LogP contribution in [0.15, 0.2) is 61.1 Å². The molecule has 0 fully saturated rings. The fraction of sp³-hybridized carbons (Fsp3) is 0.179. The normalized spacial score (nSPS) is 11.9. The predicted octanol–water partition coefficient (Wildman–Crippen LogP) is 7.37. The van der Waals surface area contributed by atoms with Crippen molar-refractivity contribution >= 4 is 51.2 Å². The number of hydrogen-bond acceptors (Lipinski definition) is 7. The van der Waals surface area contributed by atoms with Crippen LogP contribution in [0.3, 0.4) is 0 Å². The van der Waals surface area contributed by atoms with Gasteiger partial charge in [-0.25, -0.2) is 9.07 Å². The van der Waals surface area contributed by atoms with Crippen molar-refractivity contribution < 1.29 is 4.39 Å². The van der Waals surface area contributed by atoms with E-state index in [2.05, 4.69) is 37.0 Å². The molecule has 0 aliphatic carbocycles. The van der Waals surface area contributed by atoms with Crippen LogP contribution in [0.4, 0.5) is 21.5 Å². The molecule has 2 aromatic carbocycles. The summed E-state index contributed by atoms with van der Waals surface area (Å²) in [6.07, 6.45) is 5.13. The van der Waals surface area contributed by atoms with Gasteiger partial charge in [-0.1, -0.05) is 34.5 Å². The molecule has 0 radical (unpaired) electrons. The Balaban J connectivity index is 1.61. The average Bonchev–Trinajstić information content (AvgIpc) is 3.41. The second-order valence-corrected chi connectivity index (χ2v) is 10.1. The number of hydrogen-bond donors (Lipinski definition) is 2. The van der Waals surface area contributed by atoms with Crippen molar-refractivity contribution in [1.82, 2.24) is 25.0 Å². The summed E-state index contributed by atoms with van der Waals surface area (Å²) in [4.78, 5) is 8.87. The number of pyridine rings is 2. The molecule has 5 rings (SSSR count). The van der Waals surface area contributed by atoms with Gasteiger partial charge in [-0.15, -0.1) is 5.10 Å². The van der Waals surface area contributed by atoms with Crippen LogP contribution < -0.4 is 10.6 Å². The van der Waals surface area contributed by atoms with E-state index in [4.69, 9.17) is 23.2 Å². The molecular weight excluding hydrogens is 538 g/mol. The lowest BCUT2D eigenvalue weighted by Crippen LogP contribution is -2.14.